The van der Waals surface area contributed by atoms with Crippen molar-refractivity contribution in [1.29, 1.82) is 0 Å². The van der Waals surface area contributed by atoms with E-state index in [1.165, 1.54) is 0 Å². The minimum atomic E-state index is -1.34. The van der Waals surface area contributed by atoms with E-state index in [1.807, 2.05) is 13.8 Å². The summed E-state index contributed by atoms with van der Waals surface area (Å²) in [5.41, 5.74) is 0. The second-order valence-electron chi connectivity index (χ2n) is 3.81. The number of thiol groups is 2. The standard InChI is InChI=1S/C10H26O4S2Si2/c1-5-13-10(14-6-2)18(8-16)17(7-15)9(11-3)12-4/h9-10,15-18H,5-8H2,1-4H3. The van der Waals surface area contributed by atoms with Crippen LogP contribution < -0.4 is 0 Å². The molecule has 110 valence electrons. The largest absolute Gasteiger partial charge is 0.360 e. The van der Waals surface area contributed by atoms with Gasteiger partial charge in [-0.3, -0.25) is 0 Å². The molecule has 0 aliphatic carbocycles. The normalized spacial score (nSPS) is 15.3. The highest BCUT2D eigenvalue weighted by Crippen LogP contribution is 2.12. The highest BCUT2D eigenvalue weighted by Gasteiger charge is 2.37. The first-order valence-electron chi connectivity index (χ1n) is 6.20. The van der Waals surface area contributed by atoms with E-state index >= 15 is 0 Å². The molecule has 8 heteroatoms. The minimum Gasteiger partial charge on any atom is -0.360 e. The molecule has 0 saturated carbocycles. The summed E-state index contributed by atoms with van der Waals surface area (Å²) >= 11 is 8.98. The Hall–Kier alpha value is 0.974. The molecule has 0 bridgehead atoms. The van der Waals surface area contributed by atoms with Crippen molar-refractivity contribution in [2.24, 2.45) is 0 Å². The van der Waals surface area contributed by atoms with Crippen molar-refractivity contribution < 1.29 is 18.9 Å². The van der Waals surface area contributed by atoms with Crippen molar-refractivity contribution in [3.8, 4) is 0 Å². The van der Waals surface area contributed by atoms with Crippen LogP contribution in [-0.4, -0.2) is 66.6 Å². The van der Waals surface area contributed by atoms with E-state index < -0.39 is 16.6 Å². The maximum absolute atomic E-state index is 5.74. The van der Waals surface area contributed by atoms with Crippen molar-refractivity contribution >= 4 is 41.9 Å². The zero-order valence-corrected chi connectivity index (χ0v) is 15.8. The summed E-state index contributed by atoms with van der Waals surface area (Å²) in [6, 6.07) is 0. The zero-order chi connectivity index (χ0) is 14.0. The van der Waals surface area contributed by atoms with Crippen LogP contribution in [0.2, 0.25) is 0 Å². The predicted octanol–water partition coefficient (Wildman–Crippen LogP) is 0.553. The van der Waals surface area contributed by atoms with E-state index in [4.69, 9.17) is 18.9 Å². The number of ether oxygens (including phenoxy) is 4. The Kier molecular flexibility index (Phi) is 12.4. The first-order valence-corrected chi connectivity index (χ1v) is 13.1. The third-order valence-corrected chi connectivity index (χ3v) is 18.6. The van der Waals surface area contributed by atoms with E-state index in [2.05, 4.69) is 25.3 Å². The smallest absolute Gasteiger partial charge is 0.136 e. The number of hydrogen-bond acceptors (Lipinski definition) is 6. The Morgan fingerprint density at radius 2 is 1.22 bits per heavy atom. The molecule has 0 radical (unpaired) electrons. The third-order valence-electron chi connectivity index (χ3n) is 2.80. The maximum atomic E-state index is 5.74. The highest BCUT2D eigenvalue weighted by molar-refractivity contribution is 7.85. The third kappa shape index (κ3) is 5.95. The summed E-state index contributed by atoms with van der Waals surface area (Å²) in [5, 5.41) is 1.64. The highest BCUT2D eigenvalue weighted by atomic mass is 32.1. The molecule has 0 N–H and O–H groups in total. The van der Waals surface area contributed by atoms with Crippen molar-refractivity contribution in [1.82, 2.24) is 0 Å². The first kappa shape index (κ1) is 19.0. The lowest BCUT2D eigenvalue weighted by Gasteiger charge is -2.32. The summed E-state index contributed by atoms with van der Waals surface area (Å²) < 4.78 is 22.3. The van der Waals surface area contributed by atoms with Gasteiger partial charge >= 0.3 is 0 Å². The van der Waals surface area contributed by atoms with Crippen LogP contribution in [-0.2, 0) is 18.9 Å². The molecule has 18 heavy (non-hydrogen) atoms. The lowest BCUT2D eigenvalue weighted by Crippen LogP contribution is -2.58. The fraction of sp³-hybridized carbons (Fsp3) is 1.00. The molecule has 0 fully saturated rings. The van der Waals surface area contributed by atoms with E-state index in [9.17, 15) is 0 Å². The first-order chi connectivity index (χ1) is 8.69. The molecular weight excluding hydrogens is 304 g/mol. The summed E-state index contributed by atoms with van der Waals surface area (Å²) in [6.45, 7) is 5.27. The average Bonchev–Trinajstić information content (AvgIpc) is 2.39. The molecular formula is C10H26O4S2Si2. The van der Waals surface area contributed by atoms with E-state index in [0.29, 0.717) is 13.2 Å². The lowest BCUT2D eigenvalue weighted by molar-refractivity contribution is -0.0849. The van der Waals surface area contributed by atoms with Crippen LogP contribution in [0.5, 0.6) is 0 Å². The molecule has 2 unspecified atom stereocenters. The van der Waals surface area contributed by atoms with E-state index in [1.54, 1.807) is 14.2 Å². The fourth-order valence-electron chi connectivity index (χ4n) is 1.92. The molecule has 0 heterocycles. The minimum absolute atomic E-state index is 0.103. The number of rotatable bonds is 11. The quantitative estimate of drug-likeness (QED) is 0.330. The van der Waals surface area contributed by atoms with Crippen molar-refractivity contribution in [3.63, 3.8) is 0 Å². The lowest BCUT2D eigenvalue weighted by atomic mass is 10.9. The van der Waals surface area contributed by atoms with Gasteiger partial charge in [0.25, 0.3) is 0 Å². The van der Waals surface area contributed by atoms with Crippen molar-refractivity contribution in [2.45, 2.75) is 25.7 Å². The van der Waals surface area contributed by atoms with Crippen molar-refractivity contribution in [2.75, 3.05) is 38.2 Å². The summed E-state index contributed by atoms with van der Waals surface area (Å²) in [6.07, 6.45) is 0. The van der Waals surface area contributed by atoms with Crippen LogP contribution in [0.25, 0.3) is 0 Å². The molecule has 4 nitrogen and oxygen atoms in total. The Labute approximate surface area is 125 Å². The summed E-state index contributed by atoms with van der Waals surface area (Å²) in [5.74, 6) is -0.233. The summed E-state index contributed by atoms with van der Waals surface area (Å²) in [7, 11) is 0.686. The molecule has 0 aliphatic heterocycles. The predicted molar refractivity (Wildman–Crippen MR) is 86.9 cm³/mol. The second-order valence-corrected chi connectivity index (χ2v) is 15.6. The van der Waals surface area contributed by atoms with Gasteiger partial charge in [0.2, 0.25) is 0 Å². The molecule has 0 amide bonds. The van der Waals surface area contributed by atoms with Gasteiger partial charge in [0.15, 0.2) is 0 Å². The maximum Gasteiger partial charge on any atom is 0.136 e. The molecule has 2 atom stereocenters. The Bertz CT molecular complexity index is 193. The SMILES string of the molecule is CCOC(OCC)[SiH](CS)[SiH](CS)C(OC)OC. The Morgan fingerprint density at radius 1 is 0.833 bits per heavy atom. The van der Waals surface area contributed by atoms with Crippen LogP contribution in [0.3, 0.4) is 0 Å². The molecule has 0 aliphatic rings. The van der Waals surface area contributed by atoms with Gasteiger partial charge < -0.3 is 18.9 Å². The Balaban J connectivity index is 4.83. The van der Waals surface area contributed by atoms with Crippen LogP contribution >= 0.6 is 25.3 Å². The fourth-order valence-corrected chi connectivity index (χ4v) is 16.8. The van der Waals surface area contributed by atoms with Crippen molar-refractivity contribution in [3.05, 3.63) is 0 Å². The Morgan fingerprint density at radius 3 is 1.50 bits per heavy atom. The molecule has 0 saturated heterocycles. The van der Waals surface area contributed by atoms with Crippen LogP contribution in [0, 0.1) is 0 Å². The van der Waals surface area contributed by atoms with E-state index in [-0.39, 0.29) is 11.8 Å². The van der Waals surface area contributed by atoms with E-state index in [0.717, 1.165) is 10.8 Å². The molecule has 0 spiro atoms. The molecule has 0 aromatic carbocycles. The topological polar surface area (TPSA) is 36.9 Å². The zero-order valence-electron chi connectivity index (χ0n) is 11.7. The average molecular weight is 331 g/mol. The van der Waals surface area contributed by atoms with Gasteiger partial charge in [-0.25, -0.2) is 0 Å². The molecule has 0 aromatic rings. The number of hydrogen-bond donors (Lipinski definition) is 2. The van der Waals surface area contributed by atoms with Gasteiger partial charge in [-0.2, -0.15) is 25.3 Å². The summed E-state index contributed by atoms with van der Waals surface area (Å²) in [4.78, 5) is 0. The molecule has 0 rings (SSSR count). The van der Waals surface area contributed by atoms with Crippen LogP contribution in [0.1, 0.15) is 13.8 Å². The van der Waals surface area contributed by atoms with Crippen LogP contribution in [0.4, 0.5) is 0 Å². The number of methoxy groups -OCH3 is 2. The monoisotopic (exact) mass is 330 g/mol. The van der Waals surface area contributed by atoms with Gasteiger partial charge in [0.1, 0.15) is 28.5 Å². The second kappa shape index (κ2) is 11.8. The van der Waals surface area contributed by atoms with Crippen LogP contribution in [0.15, 0.2) is 0 Å². The van der Waals surface area contributed by atoms with Gasteiger partial charge in [-0.1, -0.05) is 0 Å². The van der Waals surface area contributed by atoms with Gasteiger partial charge in [0.05, 0.1) is 0 Å². The molecule has 0 aromatic heterocycles. The van der Waals surface area contributed by atoms with Gasteiger partial charge in [0, 0.05) is 27.4 Å². The van der Waals surface area contributed by atoms with Gasteiger partial charge in [-0.15, -0.1) is 0 Å². The van der Waals surface area contributed by atoms with Gasteiger partial charge in [-0.05, 0) is 24.6 Å².